The SMILES string of the molecule is CCOC(CC)(CC)C(=O)Cc1ccc(C(F)(F)F)cc1. The number of ether oxygens (including phenoxy) is 1. The van der Waals surface area contributed by atoms with E-state index < -0.39 is 17.3 Å². The number of benzene rings is 1. The second-order valence-electron chi connectivity index (χ2n) is 4.93. The highest BCUT2D eigenvalue weighted by Crippen LogP contribution is 2.30. The van der Waals surface area contributed by atoms with Gasteiger partial charge in [0.05, 0.1) is 5.56 Å². The number of hydrogen-bond donors (Lipinski definition) is 0. The van der Waals surface area contributed by atoms with E-state index in [1.807, 2.05) is 20.8 Å². The molecular formula is C16H21F3O2. The van der Waals surface area contributed by atoms with Crippen molar-refractivity contribution < 1.29 is 22.7 Å². The average molecular weight is 302 g/mol. The summed E-state index contributed by atoms with van der Waals surface area (Å²) in [5, 5.41) is 0. The van der Waals surface area contributed by atoms with Crippen LogP contribution in [0.15, 0.2) is 24.3 Å². The van der Waals surface area contributed by atoms with E-state index in [4.69, 9.17) is 4.74 Å². The van der Waals surface area contributed by atoms with Crippen molar-refractivity contribution in [2.45, 2.75) is 51.8 Å². The van der Waals surface area contributed by atoms with Crippen LogP contribution in [0, 0.1) is 0 Å². The van der Waals surface area contributed by atoms with Crippen LogP contribution in [0.2, 0.25) is 0 Å². The first-order valence-corrected chi connectivity index (χ1v) is 7.12. The Balaban J connectivity index is 2.87. The van der Waals surface area contributed by atoms with Crippen LogP contribution >= 0.6 is 0 Å². The predicted octanol–water partition coefficient (Wildman–Crippen LogP) is 4.41. The highest BCUT2D eigenvalue weighted by molar-refractivity contribution is 5.89. The molecule has 1 rings (SSSR count). The molecule has 0 fully saturated rings. The molecule has 0 aliphatic heterocycles. The van der Waals surface area contributed by atoms with E-state index in [1.54, 1.807) is 0 Å². The van der Waals surface area contributed by atoms with Crippen molar-refractivity contribution >= 4 is 5.78 Å². The van der Waals surface area contributed by atoms with Gasteiger partial charge in [0.25, 0.3) is 0 Å². The van der Waals surface area contributed by atoms with Crippen molar-refractivity contribution in [3.63, 3.8) is 0 Å². The van der Waals surface area contributed by atoms with Crippen LogP contribution in [0.5, 0.6) is 0 Å². The predicted molar refractivity (Wildman–Crippen MR) is 75.1 cm³/mol. The van der Waals surface area contributed by atoms with Gasteiger partial charge < -0.3 is 4.74 Å². The number of Topliss-reactive ketones (excluding diaryl/α,β-unsaturated/α-hetero) is 1. The van der Waals surface area contributed by atoms with Gasteiger partial charge in [-0.2, -0.15) is 13.2 Å². The van der Waals surface area contributed by atoms with Gasteiger partial charge in [-0.3, -0.25) is 4.79 Å². The molecule has 5 heteroatoms. The summed E-state index contributed by atoms with van der Waals surface area (Å²) >= 11 is 0. The van der Waals surface area contributed by atoms with Crippen LogP contribution < -0.4 is 0 Å². The normalized spacial score (nSPS) is 12.5. The molecule has 0 aliphatic rings. The van der Waals surface area contributed by atoms with Gasteiger partial charge in [-0.25, -0.2) is 0 Å². The van der Waals surface area contributed by atoms with E-state index in [9.17, 15) is 18.0 Å². The molecule has 0 aliphatic carbocycles. The Bertz CT molecular complexity index is 459. The number of hydrogen-bond acceptors (Lipinski definition) is 2. The minimum Gasteiger partial charge on any atom is -0.368 e. The summed E-state index contributed by atoms with van der Waals surface area (Å²) in [5.74, 6) is -0.0888. The molecule has 0 radical (unpaired) electrons. The molecule has 0 N–H and O–H groups in total. The molecule has 2 nitrogen and oxygen atoms in total. The van der Waals surface area contributed by atoms with E-state index in [0.717, 1.165) is 12.1 Å². The first-order valence-electron chi connectivity index (χ1n) is 7.12. The van der Waals surface area contributed by atoms with Crippen molar-refractivity contribution in [3.05, 3.63) is 35.4 Å². The fourth-order valence-corrected chi connectivity index (χ4v) is 2.36. The zero-order chi connectivity index (χ0) is 16.1. The molecule has 0 aromatic heterocycles. The summed E-state index contributed by atoms with van der Waals surface area (Å²) in [4.78, 5) is 12.4. The summed E-state index contributed by atoms with van der Waals surface area (Å²) in [7, 11) is 0. The van der Waals surface area contributed by atoms with Crippen LogP contribution in [-0.4, -0.2) is 18.0 Å². The van der Waals surface area contributed by atoms with Crippen molar-refractivity contribution in [1.82, 2.24) is 0 Å². The Morgan fingerprint density at radius 2 is 1.57 bits per heavy atom. The van der Waals surface area contributed by atoms with Crippen LogP contribution in [0.1, 0.15) is 44.7 Å². The van der Waals surface area contributed by atoms with Crippen molar-refractivity contribution in [1.29, 1.82) is 0 Å². The summed E-state index contributed by atoms with van der Waals surface area (Å²) in [6.07, 6.45) is -3.17. The molecular weight excluding hydrogens is 281 g/mol. The quantitative estimate of drug-likeness (QED) is 0.745. The molecule has 0 amide bonds. The smallest absolute Gasteiger partial charge is 0.368 e. The summed E-state index contributed by atoms with van der Waals surface area (Å²) < 4.78 is 43.1. The lowest BCUT2D eigenvalue weighted by molar-refractivity contribution is -0.144. The monoisotopic (exact) mass is 302 g/mol. The molecule has 0 spiro atoms. The third-order valence-electron chi connectivity index (χ3n) is 3.72. The molecule has 1 aromatic carbocycles. The van der Waals surface area contributed by atoms with E-state index >= 15 is 0 Å². The van der Waals surface area contributed by atoms with E-state index in [0.29, 0.717) is 25.0 Å². The number of ketones is 1. The molecule has 0 unspecified atom stereocenters. The van der Waals surface area contributed by atoms with Crippen molar-refractivity contribution in [2.75, 3.05) is 6.61 Å². The molecule has 118 valence electrons. The zero-order valence-electron chi connectivity index (χ0n) is 12.6. The maximum atomic E-state index is 12.5. The van der Waals surface area contributed by atoms with Gasteiger partial charge >= 0.3 is 6.18 Å². The standard InChI is InChI=1S/C16H21F3O2/c1-4-15(5-2,21-6-3)14(20)11-12-7-9-13(10-8-12)16(17,18)19/h7-10H,4-6,11H2,1-3H3. The van der Waals surface area contributed by atoms with Gasteiger partial charge in [-0.1, -0.05) is 26.0 Å². The third kappa shape index (κ3) is 4.30. The average Bonchev–Trinajstić information content (AvgIpc) is 2.44. The van der Waals surface area contributed by atoms with Crippen molar-refractivity contribution in [3.8, 4) is 0 Å². The van der Waals surface area contributed by atoms with Crippen LogP contribution in [0.25, 0.3) is 0 Å². The zero-order valence-corrected chi connectivity index (χ0v) is 12.6. The molecule has 0 atom stereocenters. The number of alkyl halides is 3. The van der Waals surface area contributed by atoms with Gasteiger partial charge in [-0.05, 0) is 37.5 Å². The Morgan fingerprint density at radius 1 is 1.05 bits per heavy atom. The largest absolute Gasteiger partial charge is 0.416 e. The third-order valence-corrected chi connectivity index (χ3v) is 3.72. The lowest BCUT2D eigenvalue weighted by atomic mass is 9.88. The van der Waals surface area contributed by atoms with Gasteiger partial charge in [0.1, 0.15) is 5.60 Å². The number of carbonyl (C=O) groups is 1. The lowest BCUT2D eigenvalue weighted by Gasteiger charge is -2.30. The van der Waals surface area contributed by atoms with Crippen molar-refractivity contribution in [2.24, 2.45) is 0 Å². The maximum Gasteiger partial charge on any atom is 0.416 e. The number of halogens is 3. The van der Waals surface area contributed by atoms with E-state index in [2.05, 4.69) is 0 Å². The van der Waals surface area contributed by atoms with Gasteiger partial charge in [0, 0.05) is 13.0 Å². The molecule has 0 saturated heterocycles. The van der Waals surface area contributed by atoms with Crippen LogP contribution in [0.3, 0.4) is 0 Å². The Morgan fingerprint density at radius 3 is 1.95 bits per heavy atom. The fourth-order valence-electron chi connectivity index (χ4n) is 2.36. The summed E-state index contributed by atoms with van der Waals surface area (Å²) in [6, 6.07) is 4.71. The van der Waals surface area contributed by atoms with Gasteiger partial charge in [-0.15, -0.1) is 0 Å². The number of carbonyl (C=O) groups excluding carboxylic acids is 1. The minimum atomic E-state index is -4.36. The molecule has 21 heavy (non-hydrogen) atoms. The van der Waals surface area contributed by atoms with E-state index in [-0.39, 0.29) is 12.2 Å². The summed E-state index contributed by atoms with van der Waals surface area (Å²) in [6.45, 7) is 6.01. The second-order valence-corrected chi connectivity index (χ2v) is 4.93. The first kappa shape index (κ1) is 17.7. The first-order chi connectivity index (χ1) is 9.79. The maximum absolute atomic E-state index is 12.5. The second kappa shape index (κ2) is 7.07. The molecule has 0 heterocycles. The van der Waals surface area contributed by atoms with E-state index in [1.165, 1.54) is 12.1 Å². The highest BCUT2D eigenvalue weighted by atomic mass is 19.4. The number of rotatable bonds is 7. The minimum absolute atomic E-state index is 0.0832. The lowest BCUT2D eigenvalue weighted by Crippen LogP contribution is -2.41. The Kier molecular flexibility index (Phi) is 5.96. The fraction of sp³-hybridized carbons (Fsp3) is 0.562. The summed E-state index contributed by atoms with van der Waals surface area (Å²) in [5.41, 5.74) is -0.975. The molecule has 0 bridgehead atoms. The topological polar surface area (TPSA) is 26.3 Å². The molecule has 0 saturated carbocycles. The Labute approximate surface area is 123 Å². The van der Waals surface area contributed by atoms with Gasteiger partial charge in [0.2, 0.25) is 0 Å². The highest BCUT2D eigenvalue weighted by Gasteiger charge is 2.35. The van der Waals surface area contributed by atoms with Crippen LogP contribution in [0.4, 0.5) is 13.2 Å². The Hall–Kier alpha value is -1.36. The van der Waals surface area contributed by atoms with Gasteiger partial charge in [0.15, 0.2) is 5.78 Å². The molecule has 1 aromatic rings. The van der Waals surface area contributed by atoms with Crippen LogP contribution in [-0.2, 0) is 22.1 Å².